The Labute approximate surface area is 145 Å². The molecule has 0 saturated heterocycles. The number of hydrogen-bond donors (Lipinski definition) is 2. The number of rotatable bonds is 7. The quantitative estimate of drug-likeness (QED) is 0.751. The maximum atomic E-state index is 12.0. The molecule has 0 spiro atoms. The van der Waals surface area contributed by atoms with Crippen molar-refractivity contribution >= 4 is 17.5 Å². The number of hydrogen-bond acceptors (Lipinski definition) is 5. The van der Waals surface area contributed by atoms with Gasteiger partial charge in [-0.3, -0.25) is 9.59 Å². The van der Waals surface area contributed by atoms with Gasteiger partial charge in [-0.1, -0.05) is 0 Å². The normalized spacial score (nSPS) is 13.1. The minimum atomic E-state index is -0.292. The van der Waals surface area contributed by atoms with Gasteiger partial charge in [0.1, 0.15) is 24.7 Å². The van der Waals surface area contributed by atoms with Crippen LogP contribution in [0, 0.1) is 0 Å². The van der Waals surface area contributed by atoms with Crippen LogP contribution < -0.4 is 15.4 Å². The van der Waals surface area contributed by atoms with Crippen LogP contribution in [0.2, 0.25) is 0 Å². The highest BCUT2D eigenvalue weighted by Gasteiger charge is 2.15. The van der Waals surface area contributed by atoms with Crippen LogP contribution in [0.3, 0.4) is 0 Å². The number of methoxy groups -OCH3 is 1. The highest BCUT2D eigenvalue weighted by molar-refractivity contribution is 5.94. The molecule has 0 bridgehead atoms. The Bertz CT molecular complexity index is 769. The number of benzene rings is 1. The molecule has 1 aromatic carbocycles. The van der Waals surface area contributed by atoms with E-state index >= 15 is 0 Å². The lowest BCUT2D eigenvalue weighted by Gasteiger charge is -2.17. The molecule has 0 fully saturated rings. The Kier molecular flexibility index (Phi) is 5.35. The third-order valence-electron chi connectivity index (χ3n) is 3.80. The maximum Gasteiger partial charge on any atom is 0.287 e. The first-order valence-corrected chi connectivity index (χ1v) is 8.07. The third-order valence-corrected chi connectivity index (χ3v) is 3.80. The summed E-state index contributed by atoms with van der Waals surface area (Å²) in [6.45, 7) is 1.02. The number of anilines is 1. The number of ether oxygens (including phenoxy) is 2. The summed E-state index contributed by atoms with van der Waals surface area (Å²) in [4.78, 5) is 23.3. The van der Waals surface area contributed by atoms with Gasteiger partial charge in [0.25, 0.3) is 5.91 Å². The van der Waals surface area contributed by atoms with E-state index in [0.717, 1.165) is 11.3 Å². The van der Waals surface area contributed by atoms with Crippen LogP contribution in [-0.4, -0.2) is 32.1 Å². The van der Waals surface area contributed by atoms with Crippen molar-refractivity contribution in [3.8, 4) is 5.75 Å². The van der Waals surface area contributed by atoms with Crippen LogP contribution in [0.25, 0.3) is 0 Å². The Morgan fingerprint density at radius 1 is 1.28 bits per heavy atom. The molecule has 1 aliphatic heterocycles. The number of nitrogens with one attached hydrogen (secondary N) is 2. The van der Waals surface area contributed by atoms with Crippen molar-refractivity contribution in [2.75, 3.05) is 25.6 Å². The smallest absolute Gasteiger partial charge is 0.287 e. The molecule has 7 heteroatoms. The second kappa shape index (κ2) is 7.85. The summed E-state index contributed by atoms with van der Waals surface area (Å²) < 4.78 is 16.0. The molecule has 2 aromatic rings. The van der Waals surface area contributed by atoms with E-state index in [0.29, 0.717) is 44.1 Å². The zero-order valence-electron chi connectivity index (χ0n) is 14.0. The van der Waals surface area contributed by atoms with Gasteiger partial charge in [-0.25, -0.2) is 0 Å². The Balaban J connectivity index is 1.45. The van der Waals surface area contributed by atoms with Gasteiger partial charge in [-0.15, -0.1) is 0 Å². The summed E-state index contributed by atoms with van der Waals surface area (Å²) >= 11 is 0. The summed E-state index contributed by atoms with van der Waals surface area (Å²) in [6.07, 6.45) is 1.19. The highest BCUT2D eigenvalue weighted by Crippen LogP contribution is 2.26. The second-order valence-electron chi connectivity index (χ2n) is 5.67. The zero-order valence-corrected chi connectivity index (χ0v) is 14.0. The molecular formula is C18H20N2O5. The standard InChI is InChI=1S/C18H20N2O5/c1-23-11-14-4-6-16(25-14)18(22)19-8-9-24-13-3-5-15-12(10-13)2-7-17(21)20-15/h3-6,10H,2,7-9,11H2,1H3,(H,19,22)(H,20,21). The number of carbonyl (C=O) groups excluding carboxylic acids is 2. The molecule has 0 saturated carbocycles. The molecule has 0 radical (unpaired) electrons. The van der Waals surface area contributed by atoms with E-state index in [9.17, 15) is 9.59 Å². The van der Waals surface area contributed by atoms with Gasteiger partial charge in [0, 0.05) is 19.2 Å². The SMILES string of the molecule is COCc1ccc(C(=O)NCCOc2ccc3c(c2)CCC(=O)N3)o1. The number of furan rings is 1. The van der Waals surface area contributed by atoms with E-state index < -0.39 is 0 Å². The molecule has 0 aliphatic carbocycles. The molecular weight excluding hydrogens is 324 g/mol. The third kappa shape index (κ3) is 4.39. The lowest BCUT2D eigenvalue weighted by molar-refractivity contribution is -0.116. The van der Waals surface area contributed by atoms with Crippen molar-refractivity contribution in [1.29, 1.82) is 0 Å². The Morgan fingerprint density at radius 2 is 2.16 bits per heavy atom. The summed E-state index contributed by atoms with van der Waals surface area (Å²) in [7, 11) is 1.56. The fraction of sp³-hybridized carbons (Fsp3) is 0.333. The molecule has 1 aliphatic rings. The molecule has 2 amide bonds. The average molecular weight is 344 g/mol. The first-order valence-electron chi connectivity index (χ1n) is 8.07. The topological polar surface area (TPSA) is 89.8 Å². The van der Waals surface area contributed by atoms with Gasteiger partial charge in [0.05, 0.1) is 6.54 Å². The largest absolute Gasteiger partial charge is 0.492 e. The minimum Gasteiger partial charge on any atom is -0.492 e. The van der Waals surface area contributed by atoms with E-state index in [1.165, 1.54) is 0 Å². The summed E-state index contributed by atoms with van der Waals surface area (Å²) in [6, 6.07) is 8.87. The van der Waals surface area contributed by atoms with Crippen molar-refractivity contribution in [2.45, 2.75) is 19.4 Å². The molecule has 25 heavy (non-hydrogen) atoms. The summed E-state index contributed by atoms with van der Waals surface area (Å²) in [5.41, 5.74) is 1.89. The van der Waals surface area contributed by atoms with Gasteiger partial charge in [-0.05, 0) is 42.3 Å². The number of carbonyl (C=O) groups is 2. The first-order chi connectivity index (χ1) is 12.2. The van der Waals surface area contributed by atoms with E-state index in [-0.39, 0.29) is 17.6 Å². The van der Waals surface area contributed by atoms with Crippen molar-refractivity contribution in [3.63, 3.8) is 0 Å². The van der Waals surface area contributed by atoms with E-state index in [1.807, 2.05) is 12.1 Å². The monoisotopic (exact) mass is 344 g/mol. The second-order valence-corrected chi connectivity index (χ2v) is 5.67. The van der Waals surface area contributed by atoms with Gasteiger partial charge in [0.15, 0.2) is 5.76 Å². The van der Waals surface area contributed by atoms with E-state index in [4.69, 9.17) is 13.9 Å². The van der Waals surface area contributed by atoms with Crippen LogP contribution in [-0.2, 0) is 22.6 Å². The lowest BCUT2D eigenvalue weighted by Crippen LogP contribution is -2.27. The molecule has 132 valence electrons. The average Bonchev–Trinajstić information content (AvgIpc) is 3.07. The van der Waals surface area contributed by atoms with Crippen molar-refractivity contribution < 1.29 is 23.5 Å². The maximum absolute atomic E-state index is 12.0. The molecule has 2 N–H and O–H groups in total. The number of amides is 2. The van der Waals surface area contributed by atoms with Crippen LogP contribution in [0.15, 0.2) is 34.7 Å². The van der Waals surface area contributed by atoms with Crippen molar-refractivity contribution in [3.05, 3.63) is 47.4 Å². The molecule has 0 unspecified atom stereocenters. The Morgan fingerprint density at radius 3 is 3.00 bits per heavy atom. The highest BCUT2D eigenvalue weighted by atomic mass is 16.5. The van der Waals surface area contributed by atoms with E-state index in [1.54, 1.807) is 25.3 Å². The van der Waals surface area contributed by atoms with Crippen LogP contribution in [0.1, 0.15) is 28.3 Å². The lowest BCUT2D eigenvalue weighted by atomic mass is 10.0. The van der Waals surface area contributed by atoms with Gasteiger partial charge >= 0.3 is 0 Å². The fourth-order valence-corrected chi connectivity index (χ4v) is 2.59. The van der Waals surface area contributed by atoms with Gasteiger partial charge in [-0.2, -0.15) is 0 Å². The predicted molar refractivity (Wildman–Crippen MR) is 90.6 cm³/mol. The van der Waals surface area contributed by atoms with Crippen LogP contribution in [0.5, 0.6) is 5.75 Å². The number of aryl methyl sites for hydroxylation is 1. The summed E-state index contributed by atoms with van der Waals surface area (Å²) in [5, 5.41) is 5.56. The zero-order chi connectivity index (χ0) is 17.6. The Hall–Kier alpha value is -2.80. The molecule has 1 aromatic heterocycles. The van der Waals surface area contributed by atoms with Gasteiger partial charge in [0.2, 0.25) is 5.91 Å². The summed E-state index contributed by atoms with van der Waals surface area (Å²) in [5.74, 6) is 1.31. The molecule has 0 atom stereocenters. The van der Waals surface area contributed by atoms with E-state index in [2.05, 4.69) is 10.6 Å². The van der Waals surface area contributed by atoms with Crippen molar-refractivity contribution in [1.82, 2.24) is 5.32 Å². The molecule has 2 heterocycles. The molecule has 3 rings (SSSR count). The minimum absolute atomic E-state index is 0.0375. The van der Waals surface area contributed by atoms with Gasteiger partial charge < -0.3 is 24.5 Å². The fourth-order valence-electron chi connectivity index (χ4n) is 2.59. The number of fused-ring (bicyclic) bond motifs is 1. The predicted octanol–water partition coefficient (Wildman–Crippen LogP) is 2.12. The van der Waals surface area contributed by atoms with Crippen molar-refractivity contribution in [2.24, 2.45) is 0 Å². The van der Waals surface area contributed by atoms with Crippen LogP contribution >= 0.6 is 0 Å². The molecule has 7 nitrogen and oxygen atoms in total. The van der Waals surface area contributed by atoms with Crippen LogP contribution in [0.4, 0.5) is 5.69 Å². The first kappa shape index (κ1) is 17.0.